The monoisotopic (exact) mass is 449 g/mol. The predicted octanol–water partition coefficient (Wildman–Crippen LogP) is 2.64. The minimum Gasteiger partial charge on any atom is -0.493 e. The summed E-state index contributed by atoms with van der Waals surface area (Å²) in [6.45, 7) is 1.74. The van der Waals surface area contributed by atoms with Crippen molar-refractivity contribution in [3.8, 4) is 17.2 Å². The van der Waals surface area contributed by atoms with E-state index in [0.29, 0.717) is 33.5 Å². The van der Waals surface area contributed by atoms with E-state index < -0.39 is 11.5 Å². The van der Waals surface area contributed by atoms with Crippen LogP contribution < -0.4 is 30.2 Å². The second-order valence-corrected chi connectivity index (χ2v) is 7.51. The smallest absolute Gasteiger partial charge is 0.217 e. The normalized spacial score (nSPS) is 16.3. The molecule has 4 rings (SSSR count). The predicted molar refractivity (Wildman–Crippen MR) is 120 cm³/mol. The number of fused-ring (bicyclic) bond motifs is 1. The third-order valence-corrected chi connectivity index (χ3v) is 5.49. The Bertz CT molecular complexity index is 1320. The number of hydrogen-bond donors (Lipinski definition) is 1. The minimum atomic E-state index is -1.25. The number of carbonyl (C=O) groups excluding carboxylic acids is 1. The average Bonchev–Trinajstić information content (AvgIpc) is 3.21. The third kappa shape index (κ3) is 4.00. The molecule has 7 nitrogen and oxygen atoms in total. The molecule has 3 aromatic carbocycles. The first-order valence-corrected chi connectivity index (χ1v) is 10.3. The number of hydrogen-bond acceptors (Lipinski definition) is 6. The van der Waals surface area contributed by atoms with Crippen LogP contribution in [0.2, 0.25) is 0 Å². The van der Waals surface area contributed by atoms with E-state index >= 15 is 0 Å². The zero-order valence-electron chi connectivity index (χ0n) is 18.8. The van der Waals surface area contributed by atoms with Gasteiger partial charge in [-0.15, -0.1) is 0 Å². The van der Waals surface area contributed by atoms with Gasteiger partial charge >= 0.3 is 0 Å². The van der Waals surface area contributed by atoms with E-state index in [-0.39, 0.29) is 12.5 Å². The van der Waals surface area contributed by atoms with Crippen molar-refractivity contribution in [1.29, 1.82) is 0 Å². The zero-order valence-corrected chi connectivity index (χ0v) is 18.8. The first kappa shape index (κ1) is 22.3. The fourth-order valence-corrected chi connectivity index (χ4v) is 3.98. The third-order valence-electron chi connectivity index (χ3n) is 5.49. The molecule has 170 valence electrons. The highest BCUT2D eigenvalue weighted by Gasteiger charge is 2.39. The lowest BCUT2D eigenvalue weighted by molar-refractivity contribution is -0.119. The quantitative estimate of drug-likeness (QED) is 0.601. The number of methoxy groups -OCH3 is 3. The van der Waals surface area contributed by atoms with E-state index in [0.717, 1.165) is 11.1 Å². The maximum Gasteiger partial charge on any atom is 0.217 e. The molecule has 0 bridgehead atoms. The lowest BCUT2D eigenvalue weighted by Crippen LogP contribution is -2.27. The van der Waals surface area contributed by atoms with Gasteiger partial charge in [-0.3, -0.25) is 4.79 Å². The second-order valence-electron chi connectivity index (χ2n) is 7.51. The van der Waals surface area contributed by atoms with Crippen molar-refractivity contribution in [2.75, 3.05) is 21.3 Å². The number of nitrogens with one attached hydrogen (secondary N) is 1. The van der Waals surface area contributed by atoms with Crippen LogP contribution in [0.3, 0.4) is 0 Å². The van der Waals surface area contributed by atoms with Crippen LogP contribution in [0.15, 0.2) is 64.6 Å². The van der Waals surface area contributed by atoms with Crippen molar-refractivity contribution in [2.24, 2.45) is 9.98 Å². The molecule has 1 N–H and O–H groups in total. The second kappa shape index (κ2) is 8.90. The number of benzene rings is 3. The molecule has 0 saturated heterocycles. The van der Waals surface area contributed by atoms with Crippen LogP contribution in [-0.4, -0.2) is 27.2 Å². The maximum atomic E-state index is 14.0. The van der Waals surface area contributed by atoms with Gasteiger partial charge in [0.05, 0.1) is 32.0 Å². The fraction of sp³-hybridized carbons (Fsp3) is 0.240. The number of halogens is 1. The van der Waals surface area contributed by atoms with Crippen molar-refractivity contribution in [1.82, 2.24) is 5.32 Å². The van der Waals surface area contributed by atoms with Crippen molar-refractivity contribution >= 4 is 5.91 Å². The number of nitrogens with zero attached hydrogens (tertiary/aromatic N) is 2. The highest BCUT2D eigenvalue weighted by Crippen LogP contribution is 2.45. The van der Waals surface area contributed by atoms with Gasteiger partial charge in [-0.05, 0) is 29.8 Å². The Hall–Kier alpha value is -3.94. The van der Waals surface area contributed by atoms with Gasteiger partial charge in [0.25, 0.3) is 0 Å². The van der Waals surface area contributed by atoms with Crippen LogP contribution in [0.1, 0.15) is 23.6 Å². The van der Waals surface area contributed by atoms with Crippen LogP contribution in [0.25, 0.3) is 0 Å². The van der Waals surface area contributed by atoms with E-state index in [2.05, 4.69) is 5.32 Å². The maximum absolute atomic E-state index is 14.0. The van der Waals surface area contributed by atoms with Crippen LogP contribution in [-0.2, 0) is 17.0 Å². The fourth-order valence-electron chi connectivity index (χ4n) is 3.98. The van der Waals surface area contributed by atoms with E-state index in [1.54, 1.807) is 18.2 Å². The van der Waals surface area contributed by atoms with Gasteiger partial charge in [-0.1, -0.05) is 24.3 Å². The molecule has 1 atom stereocenters. The van der Waals surface area contributed by atoms with E-state index in [1.807, 2.05) is 24.3 Å². The number of amides is 1. The molecule has 0 spiro atoms. The summed E-state index contributed by atoms with van der Waals surface area (Å²) >= 11 is 0. The summed E-state index contributed by atoms with van der Waals surface area (Å²) in [5.41, 5.74) is 0.952. The van der Waals surface area contributed by atoms with Crippen LogP contribution >= 0.6 is 0 Å². The first-order valence-electron chi connectivity index (χ1n) is 10.3. The lowest BCUT2D eigenvalue weighted by Gasteiger charge is -2.28. The molecule has 8 heteroatoms. The van der Waals surface area contributed by atoms with Crippen LogP contribution in [0.4, 0.5) is 4.39 Å². The molecule has 1 aliphatic heterocycles. The van der Waals surface area contributed by atoms with Gasteiger partial charge in [0.15, 0.2) is 11.5 Å². The SMILES string of the molecule is COc1cc(C2(c3ccccc3CNC(C)=O)N=c3ccc(F)cc3=N2)cc(OC)c1OC. The van der Waals surface area contributed by atoms with Crippen molar-refractivity contribution in [2.45, 2.75) is 19.1 Å². The summed E-state index contributed by atoms with van der Waals surface area (Å²) in [7, 11) is 4.60. The van der Waals surface area contributed by atoms with Crippen molar-refractivity contribution < 1.29 is 23.4 Å². The summed E-state index contributed by atoms with van der Waals surface area (Å²) in [4.78, 5) is 21.5. The van der Waals surface area contributed by atoms with E-state index in [9.17, 15) is 9.18 Å². The summed E-state index contributed by atoms with van der Waals surface area (Å²) in [5.74, 6) is 0.764. The largest absolute Gasteiger partial charge is 0.493 e. The first-order chi connectivity index (χ1) is 15.9. The Balaban J connectivity index is 2.04. The molecule has 0 saturated carbocycles. The molecule has 0 fully saturated rings. The molecule has 1 aliphatic rings. The van der Waals surface area contributed by atoms with Crippen LogP contribution in [0, 0.1) is 5.82 Å². The number of carbonyl (C=O) groups is 1. The Morgan fingerprint density at radius 3 is 2.24 bits per heavy atom. The van der Waals surface area contributed by atoms with Gasteiger partial charge < -0.3 is 19.5 Å². The molecular formula is C25H24FN3O4. The van der Waals surface area contributed by atoms with Gasteiger partial charge in [-0.2, -0.15) is 0 Å². The topological polar surface area (TPSA) is 81.5 Å². The van der Waals surface area contributed by atoms with E-state index in [1.165, 1.54) is 40.4 Å². The molecule has 1 unspecified atom stereocenters. The minimum absolute atomic E-state index is 0.155. The molecule has 0 aliphatic carbocycles. The van der Waals surface area contributed by atoms with Gasteiger partial charge in [0, 0.05) is 30.7 Å². The van der Waals surface area contributed by atoms with E-state index in [4.69, 9.17) is 24.2 Å². The van der Waals surface area contributed by atoms with Crippen LogP contribution in [0.5, 0.6) is 17.2 Å². The van der Waals surface area contributed by atoms with Gasteiger partial charge in [-0.25, -0.2) is 14.4 Å². The summed E-state index contributed by atoms with van der Waals surface area (Å²) in [5, 5.41) is 3.82. The highest BCUT2D eigenvalue weighted by molar-refractivity contribution is 5.72. The average molecular weight is 449 g/mol. The molecule has 0 radical (unpaired) electrons. The summed E-state index contributed by atoms with van der Waals surface area (Å²) in [6, 6.07) is 15.4. The lowest BCUT2D eigenvalue weighted by atomic mass is 9.88. The Morgan fingerprint density at radius 2 is 1.61 bits per heavy atom. The summed E-state index contributed by atoms with van der Waals surface area (Å²) in [6.07, 6.45) is 0. The molecule has 33 heavy (non-hydrogen) atoms. The Labute approximate surface area is 190 Å². The molecular weight excluding hydrogens is 425 g/mol. The molecule has 1 amide bonds. The van der Waals surface area contributed by atoms with Gasteiger partial charge in [0.2, 0.25) is 17.3 Å². The summed E-state index contributed by atoms with van der Waals surface area (Å²) < 4.78 is 30.6. The number of ether oxygens (including phenoxy) is 3. The van der Waals surface area contributed by atoms with Gasteiger partial charge in [0.1, 0.15) is 5.82 Å². The highest BCUT2D eigenvalue weighted by atomic mass is 19.1. The number of rotatable bonds is 7. The molecule has 3 aromatic rings. The van der Waals surface area contributed by atoms with Crippen molar-refractivity contribution in [3.05, 3.63) is 87.8 Å². The standard InChI is InChI=1S/C25H24FN3O4/c1-15(30)27-14-16-7-5-6-8-19(16)25(28-20-10-9-18(26)13-21(20)29-25)17-11-22(31-2)24(33-4)23(12-17)32-3/h5-13H,14H2,1-4H3,(H,27,30). The molecule has 1 heterocycles. The molecule has 0 aromatic heterocycles. The van der Waals surface area contributed by atoms with Crippen molar-refractivity contribution in [3.63, 3.8) is 0 Å². The Kier molecular flexibility index (Phi) is 6.00. The zero-order chi connectivity index (χ0) is 23.6. The Morgan fingerprint density at radius 1 is 0.939 bits per heavy atom.